The molecule has 0 heterocycles. The van der Waals surface area contributed by atoms with Crippen LogP contribution in [0.15, 0.2) is 35.9 Å². The van der Waals surface area contributed by atoms with Crippen LogP contribution < -0.4 is 0 Å². The Morgan fingerprint density at radius 1 is 1.15 bits per heavy atom. The highest BCUT2D eigenvalue weighted by Crippen LogP contribution is 2.42. The average molecular weight is 270 g/mol. The summed E-state index contributed by atoms with van der Waals surface area (Å²) in [6.45, 7) is 4.38. The Hall–Kier alpha value is -1.37. The van der Waals surface area contributed by atoms with Crippen LogP contribution in [0.25, 0.3) is 6.08 Å². The first kappa shape index (κ1) is 15.0. The van der Waals surface area contributed by atoms with Gasteiger partial charge in [0.15, 0.2) is 0 Å². The summed E-state index contributed by atoms with van der Waals surface area (Å²) in [5.41, 5.74) is 2.35. The zero-order valence-electron chi connectivity index (χ0n) is 12.8. The molecular weight excluding hydrogens is 244 g/mol. The second-order valence-corrected chi connectivity index (χ2v) is 6.15. The number of unbranched alkanes of at least 4 members (excludes halogenated alkanes) is 2. The Labute approximate surface area is 123 Å². The molecule has 108 valence electrons. The van der Waals surface area contributed by atoms with Crippen molar-refractivity contribution in [3.8, 4) is 0 Å². The molecule has 1 aromatic rings. The Morgan fingerprint density at radius 2 is 1.90 bits per heavy atom. The van der Waals surface area contributed by atoms with Gasteiger partial charge in [-0.3, -0.25) is 4.79 Å². The maximum Gasteiger partial charge on any atom is 0.142 e. The molecule has 1 aliphatic rings. The van der Waals surface area contributed by atoms with Crippen LogP contribution in [-0.4, -0.2) is 5.78 Å². The first-order valence-corrected chi connectivity index (χ1v) is 7.96. The number of hydrogen-bond donors (Lipinski definition) is 0. The molecule has 1 fully saturated rings. The predicted octanol–water partition coefficient (Wildman–Crippen LogP) is 5.41. The molecule has 0 spiro atoms. The van der Waals surface area contributed by atoms with E-state index in [0.29, 0.717) is 5.78 Å². The van der Waals surface area contributed by atoms with E-state index in [4.69, 9.17) is 0 Å². The highest BCUT2D eigenvalue weighted by atomic mass is 16.1. The van der Waals surface area contributed by atoms with Gasteiger partial charge in [0.2, 0.25) is 0 Å². The van der Waals surface area contributed by atoms with Crippen LogP contribution in [0.1, 0.15) is 64.4 Å². The van der Waals surface area contributed by atoms with Gasteiger partial charge in [-0.25, -0.2) is 0 Å². The molecule has 1 heteroatoms. The Bertz CT molecular complexity index is 472. The number of allylic oxidation sites excluding steroid dienone is 1. The largest absolute Gasteiger partial charge is 0.299 e. The zero-order valence-corrected chi connectivity index (χ0v) is 12.8. The number of ketones is 1. The summed E-state index contributed by atoms with van der Waals surface area (Å²) < 4.78 is 0. The van der Waals surface area contributed by atoms with Crippen molar-refractivity contribution in [1.29, 1.82) is 0 Å². The van der Waals surface area contributed by atoms with Crippen molar-refractivity contribution in [2.24, 2.45) is 5.41 Å². The molecule has 1 unspecified atom stereocenters. The molecular formula is C19H26O. The molecule has 0 saturated heterocycles. The number of carbonyl (C=O) groups is 1. The van der Waals surface area contributed by atoms with Crippen molar-refractivity contribution < 1.29 is 4.79 Å². The average Bonchev–Trinajstić information content (AvgIpc) is 2.46. The molecule has 0 radical (unpaired) electrons. The van der Waals surface area contributed by atoms with Gasteiger partial charge in [0, 0.05) is 11.8 Å². The van der Waals surface area contributed by atoms with Gasteiger partial charge in [-0.1, -0.05) is 68.2 Å². The molecule has 0 bridgehead atoms. The van der Waals surface area contributed by atoms with E-state index in [0.717, 1.165) is 32.1 Å². The SMILES string of the molecule is CCCCCC1(C)C(=O)CCCC1=Cc1ccccc1. The zero-order chi connectivity index (χ0) is 14.4. The predicted molar refractivity (Wildman–Crippen MR) is 85.5 cm³/mol. The van der Waals surface area contributed by atoms with Gasteiger partial charge in [-0.05, 0) is 31.7 Å². The van der Waals surface area contributed by atoms with Gasteiger partial charge >= 0.3 is 0 Å². The number of carbonyl (C=O) groups excluding carboxylic acids is 1. The van der Waals surface area contributed by atoms with Crippen LogP contribution >= 0.6 is 0 Å². The van der Waals surface area contributed by atoms with Crippen molar-refractivity contribution in [1.82, 2.24) is 0 Å². The lowest BCUT2D eigenvalue weighted by Gasteiger charge is -2.35. The summed E-state index contributed by atoms with van der Waals surface area (Å²) in [6.07, 6.45) is 9.70. The van der Waals surface area contributed by atoms with Crippen molar-refractivity contribution in [2.45, 2.75) is 58.8 Å². The normalized spacial score (nSPS) is 25.1. The molecule has 1 aliphatic carbocycles. The van der Waals surface area contributed by atoms with E-state index < -0.39 is 0 Å². The third-order valence-corrected chi connectivity index (χ3v) is 4.59. The van der Waals surface area contributed by atoms with Crippen LogP contribution in [0, 0.1) is 5.41 Å². The first-order valence-electron chi connectivity index (χ1n) is 7.96. The number of hydrogen-bond acceptors (Lipinski definition) is 1. The van der Waals surface area contributed by atoms with Crippen molar-refractivity contribution >= 4 is 11.9 Å². The van der Waals surface area contributed by atoms with Crippen molar-refractivity contribution in [2.75, 3.05) is 0 Å². The van der Waals surface area contributed by atoms with E-state index in [2.05, 4.69) is 44.2 Å². The minimum Gasteiger partial charge on any atom is -0.299 e. The number of benzene rings is 1. The second-order valence-electron chi connectivity index (χ2n) is 6.15. The molecule has 1 nitrogen and oxygen atoms in total. The van der Waals surface area contributed by atoms with Gasteiger partial charge in [0.25, 0.3) is 0 Å². The molecule has 20 heavy (non-hydrogen) atoms. The molecule has 0 aromatic heterocycles. The van der Waals surface area contributed by atoms with Gasteiger partial charge in [-0.15, -0.1) is 0 Å². The second kappa shape index (κ2) is 6.88. The standard InChI is InChI=1S/C19H26O/c1-3-4-8-14-19(2)17(12-9-13-18(19)20)15-16-10-6-5-7-11-16/h5-7,10-11,15H,3-4,8-9,12-14H2,1-2H3. The van der Waals surface area contributed by atoms with E-state index in [1.54, 1.807) is 0 Å². The van der Waals surface area contributed by atoms with Gasteiger partial charge in [-0.2, -0.15) is 0 Å². The van der Waals surface area contributed by atoms with E-state index in [1.807, 2.05) is 6.07 Å². The van der Waals surface area contributed by atoms with E-state index in [1.165, 1.54) is 24.0 Å². The van der Waals surface area contributed by atoms with Gasteiger partial charge < -0.3 is 0 Å². The fourth-order valence-electron chi connectivity index (χ4n) is 3.18. The third kappa shape index (κ3) is 3.39. The van der Waals surface area contributed by atoms with Crippen LogP contribution in [-0.2, 0) is 4.79 Å². The topological polar surface area (TPSA) is 17.1 Å². The monoisotopic (exact) mass is 270 g/mol. The minimum atomic E-state index is -0.219. The summed E-state index contributed by atoms with van der Waals surface area (Å²) in [5, 5.41) is 0. The molecule has 1 aromatic carbocycles. The Balaban J connectivity index is 2.23. The van der Waals surface area contributed by atoms with Crippen LogP contribution in [0.2, 0.25) is 0 Å². The van der Waals surface area contributed by atoms with Crippen LogP contribution in [0.3, 0.4) is 0 Å². The summed E-state index contributed by atoms with van der Waals surface area (Å²) in [5.74, 6) is 0.446. The molecule has 2 rings (SSSR count). The molecule has 1 atom stereocenters. The minimum absolute atomic E-state index is 0.219. The van der Waals surface area contributed by atoms with Crippen molar-refractivity contribution in [3.63, 3.8) is 0 Å². The summed E-state index contributed by atoms with van der Waals surface area (Å²) in [6, 6.07) is 10.4. The van der Waals surface area contributed by atoms with E-state index in [9.17, 15) is 4.79 Å². The Kier molecular flexibility index (Phi) is 5.17. The van der Waals surface area contributed by atoms with Gasteiger partial charge in [0.1, 0.15) is 5.78 Å². The Morgan fingerprint density at radius 3 is 2.60 bits per heavy atom. The maximum absolute atomic E-state index is 12.5. The summed E-state index contributed by atoms with van der Waals surface area (Å²) in [7, 11) is 0. The molecule has 0 amide bonds. The fraction of sp³-hybridized carbons (Fsp3) is 0.526. The molecule has 1 saturated carbocycles. The summed E-state index contributed by atoms with van der Waals surface area (Å²) >= 11 is 0. The lowest BCUT2D eigenvalue weighted by Crippen LogP contribution is -2.33. The first-order chi connectivity index (χ1) is 9.66. The lowest BCUT2D eigenvalue weighted by atomic mass is 9.67. The molecule has 0 N–H and O–H groups in total. The number of Topliss-reactive ketones (excluding diaryl/α,β-unsaturated/α-hetero) is 1. The highest BCUT2D eigenvalue weighted by Gasteiger charge is 2.38. The lowest BCUT2D eigenvalue weighted by molar-refractivity contribution is -0.127. The third-order valence-electron chi connectivity index (χ3n) is 4.59. The smallest absolute Gasteiger partial charge is 0.142 e. The maximum atomic E-state index is 12.5. The summed E-state index contributed by atoms with van der Waals surface area (Å²) in [4.78, 5) is 12.5. The van der Waals surface area contributed by atoms with Crippen LogP contribution in [0.4, 0.5) is 0 Å². The number of rotatable bonds is 5. The van der Waals surface area contributed by atoms with Gasteiger partial charge in [0.05, 0.1) is 0 Å². The van der Waals surface area contributed by atoms with Crippen LogP contribution in [0.5, 0.6) is 0 Å². The van der Waals surface area contributed by atoms with E-state index in [-0.39, 0.29) is 5.41 Å². The van der Waals surface area contributed by atoms with Crippen molar-refractivity contribution in [3.05, 3.63) is 41.5 Å². The van der Waals surface area contributed by atoms with E-state index >= 15 is 0 Å². The highest BCUT2D eigenvalue weighted by molar-refractivity contribution is 5.90. The molecule has 0 aliphatic heterocycles. The fourth-order valence-corrected chi connectivity index (χ4v) is 3.18. The quantitative estimate of drug-likeness (QED) is 0.654.